The van der Waals surface area contributed by atoms with Gasteiger partial charge in [-0.1, -0.05) is 0 Å². The van der Waals surface area contributed by atoms with E-state index < -0.39 is 93.9 Å². The first-order valence-electron chi connectivity index (χ1n) is 14.4. The molecular formula is C24H29N9O11P2S. The number of rotatable bonds is 3. The lowest BCUT2D eigenvalue weighted by Gasteiger charge is -2.31. The first kappa shape index (κ1) is 31.5. The molecule has 8 rings (SSSR count). The molecule has 1 spiro atoms. The van der Waals surface area contributed by atoms with Gasteiger partial charge in [-0.05, 0) is 31.1 Å². The maximum Gasteiger partial charge on any atom is 0.472 e. The highest BCUT2D eigenvalue weighted by atomic mass is 32.5. The maximum absolute atomic E-state index is 13.6. The van der Waals surface area contributed by atoms with Gasteiger partial charge < -0.3 is 49.1 Å². The Labute approximate surface area is 268 Å². The van der Waals surface area contributed by atoms with Gasteiger partial charge in [0.1, 0.15) is 36.0 Å². The molecule has 2 aliphatic heterocycles. The summed E-state index contributed by atoms with van der Waals surface area (Å²) in [6, 6.07) is -0.721. The van der Waals surface area contributed by atoms with E-state index >= 15 is 0 Å². The number of aromatic nitrogens is 8. The highest BCUT2D eigenvalue weighted by molar-refractivity contribution is 8.07. The van der Waals surface area contributed by atoms with Gasteiger partial charge in [0.15, 0.2) is 28.9 Å². The number of phosphoric ester groups is 1. The lowest BCUT2D eigenvalue weighted by molar-refractivity contribution is -0.0611. The molecule has 252 valence electrons. The van der Waals surface area contributed by atoms with Crippen molar-refractivity contribution in [1.29, 1.82) is 0 Å². The zero-order valence-electron chi connectivity index (χ0n) is 24.3. The van der Waals surface area contributed by atoms with Gasteiger partial charge in [-0.3, -0.25) is 18.4 Å². The van der Waals surface area contributed by atoms with Crippen LogP contribution in [-0.2, 0) is 39.2 Å². The van der Waals surface area contributed by atoms with Crippen molar-refractivity contribution in [3.8, 4) is 0 Å². The van der Waals surface area contributed by atoms with Crippen LogP contribution in [-0.4, -0.2) is 103 Å². The minimum atomic E-state index is -4.94. The molecule has 2 aliphatic carbocycles. The number of ether oxygens (including phenoxy) is 1. The summed E-state index contributed by atoms with van der Waals surface area (Å²) in [4.78, 5) is 58.3. The van der Waals surface area contributed by atoms with E-state index in [4.69, 9.17) is 40.4 Å². The number of H-pyrrole nitrogens is 1. The van der Waals surface area contributed by atoms with Crippen molar-refractivity contribution in [1.82, 2.24) is 39.0 Å². The fourth-order valence-electron chi connectivity index (χ4n) is 7.23. The maximum atomic E-state index is 13.6. The minimum Gasteiger partial charge on any atom is -0.396 e. The zero-order chi connectivity index (χ0) is 33.0. The quantitative estimate of drug-likeness (QED) is 0.145. The van der Waals surface area contributed by atoms with Gasteiger partial charge in [-0.25, -0.2) is 29.5 Å². The molecule has 0 radical (unpaired) electrons. The first-order chi connectivity index (χ1) is 22.3. The minimum absolute atomic E-state index is 0.0191. The Balaban J connectivity index is 1.15. The molecule has 47 heavy (non-hydrogen) atoms. The second-order valence-electron chi connectivity index (χ2n) is 12.1. The third-order valence-corrected chi connectivity index (χ3v) is 12.0. The van der Waals surface area contributed by atoms with E-state index in [0.29, 0.717) is 17.6 Å². The first-order valence-corrected chi connectivity index (χ1v) is 18.5. The number of nitrogens with two attached hydrogens (primary N) is 1. The van der Waals surface area contributed by atoms with Gasteiger partial charge in [0, 0.05) is 11.3 Å². The number of aromatic amines is 1. The summed E-state index contributed by atoms with van der Waals surface area (Å²) < 4.78 is 45.7. The molecule has 4 aromatic rings. The third-order valence-electron chi connectivity index (χ3n) is 9.46. The Kier molecular flexibility index (Phi) is 7.28. The summed E-state index contributed by atoms with van der Waals surface area (Å²) in [5.74, 6) is -0.993. The van der Waals surface area contributed by atoms with Crippen LogP contribution in [0.2, 0.25) is 0 Å². The lowest BCUT2D eigenvalue weighted by Crippen LogP contribution is -2.38. The Hall–Kier alpha value is -2.78. The predicted molar refractivity (Wildman–Crippen MR) is 161 cm³/mol. The lowest BCUT2D eigenvalue weighted by atomic mass is 9.99. The molecule has 4 aromatic heterocycles. The van der Waals surface area contributed by atoms with Crippen molar-refractivity contribution in [2.75, 3.05) is 25.6 Å². The third kappa shape index (κ3) is 5.00. The van der Waals surface area contributed by atoms with Gasteiger partial charge in [0.05, 0.1) is 44.6 Å². The average Bonchev–Trinajstić information content (AvgIpc) is 3.30. The van der Waals surface area contributed by atoms with E-state index in [9.17, 15) is 29.4 Å². The van der Waals surface area contributed by atoms with E-state index in [1.165, 1.54) is 23.5 Å². The molecule has 0 aromatic carbocycles. The molecule has 11 atom stereocenters. The van der Waals surface area contributed by atoms with Crippen molar-refractivity contribution in [2.45, 2.75) is 50.0 Å². The number of aliphatic hydroxyl groups excluding tert-OH is 2. The van der Waals surface area contributed by atoms with Crippen LogP contribution in [0.15, 0.2) is 23.8 Å². The molecule has 3 unspecified atom stereocenters. The Morgan fingerprint density at radius 1 is 1.13 bits per heavy atom. The van der Waals surface area contributed by atoms with Crippen molar-refractivity contribution >= 4 is 54.5 Å². The predicted octanol–water partition coefficient (Wildman–Crippen LogP) is -0.588. The number of nitrogen functional groups attached to an aromatic ring is 1. The van der Waals surface area contributed by atoms with Gasteiger partial charge in [0.25, 0.3) is 5.56 Å². The van der Waals surface area contributed by atoms with Crippen LogP contribution in [0.1, 0.15) is 24.5 Å². The van der Waals surface area contributed by atoms with Crippen LogP contribution in [0, 0.1) is 24.2 Å². The van der Waals surface area contributed by atoms with Crippen molar-refractivity contribution < 1.29 is 47.4 Å². The smallest absolute Gasteiger partial charge is 0.396 e. The van der Waals surface area contributed by atoms with Crippen molar-refractivity contribution in [2.24, 2.45) is 17.3 Å². The van der Waals surface area contributed by atoms with Crippen molar-refractivity contribution in [3.05, 3.63) is 35.2 Å². The topological polar surface area (TPSA) is 277 Å². The van der Waals surface area contributed by atoms with Gasteiger partial charge in [-0.2, -0.15) is 0 Å². The van der Waals surface area contributed by atoms with Crippen LogP contribution in [0.3, 0.4) is 0 Å². The highest BCUT2D eigenvalue weighted by Gasteiger charge is 2.74. The molecule has 2 bridgehead atoms. The fourth-order valence-corrected chi connectivity index (χ4v) is 9.74. The zero-order valence-corrected chi connectivity index (χ0v) is 26.9. The number of aliphatic hydroxyl groups is 2. The van der Waals surface area contributed by atoms with Gasteiger partial charge in [0.2, 0.25) is 0 Å². The van der Waals surface area contributed by atoms with E-state index in [2.05, 4.69) is 29.9 Å². The van der Waals surface area contributed by atoms with Crippen LogP contribution in [0.5, 0.6) is 0 Å². The Morgan fingerprint density at radius 2 is 1.89 bits per heavy atom. The second kappa shape index (κ2) is 10.9. The second-order valence-corrected chi connectivity index (χ2v) is 16.3. The van der Waals surface area contributed by atoms with Crippen LogP contribution < -0.4 is 11.3 Å². The number of hydrogen-bond acceptors (Lipinski definition) is 16. The van der Waals surface area contributed by atoms with Crippen molar-refractivity contribution in [3.63, 3.8) is 0 Å². The standard InChI is InChI=1S/C24H29N9O11P2S/c1-9-30-21-14(22(36)31-9)29-8-33(21)23-17-10(3-34)12(42-23)4-40-46(39,47)44-18-16(35)15(11-2-24(11,18)5-41-45(37,38)43-17)32-7-28-13-19(25)26-6-27-20(13)32/h6-8,10-12,15-18,23,34-35H,2-5H2,1H3,(H,37,38)(H,39,47)(H2,25,26,27)(H,30,31,36)/t10-,11-,12-,15-,16+,17-,18+,23-,24?,46?/m1/s1. The van der Waals surface area contributed by atoms with E-state index in [1.807, 2.05) is 0 Å². The van der Waals surface area contributed by atoms with Crippen LogP contribution in [0.25, 0.3) is 22.3 Å². The summed E-state index contributed by atoms with van der Waals surface area (Å²) in [5.41, 5.74) is 5.10. The molecule has 2 saturated heterocycles. The number of aryl methyl sites for hydroxylation is 1. The summed E-state index contributed by atoms with van der Waals surface area (Å²) in [6.07, 6.45) is -1.87. The average molecular weight is 714 g/mol. The summed E-state index contributed by atoms with van der Waals surface area (Å²) >= 11 is 5.37. The van der Waals surface area contributed by atoms with Crippen LogP contribution >= 0.6 is 14.5 Å². The molecule has 6 heterocycles. The number of fused-ring (bicyclic) bond motifs is 4. The normalized spacial score (nSPS) is 40.4. The number of anilines is 1. The molecule has 23 heteroatoms. The number of imidazole rings is 2. The molecule has 2 saturated carbocycles. The number of hydrogen-bond donors (Lipinski definition) is 6. The highest BCUT2D eigenvalue weighted by Crippen LogP contribution is 2.72. The number of nitrogens with zero attached hydrogens (tertiary/aromatic N) is 7. The monoisotopic (exact) mass is 713 g/mol. The summed E-state index contributed by atoms with van der Waals surface area (Å²) in [5, 5.41) is 22.0. The molecule has 7 N–H and O–H groups in total. The van der Waals surface area contributed by atoms with Gasteiger partial charge >= 0.3 is 14.5 Å². The number of nitrogens with one attached hydrogen (secondary N) is 1. The molecule has 4 fully saturated rings. The molecule has 20 nitrogen and oxygen atoms in total. The van der Waals surface area contributed by atoms with E-state index in [0.717, 1.165) is 0 Å². The van der Waals surface area contributed by atoms with Gasteiger partial charge in [-0.15, -0.1) is 0 Å². The van der Waals surface area contributed by atoms with E-state index in [1.54, 1.807) is 11.5 Å². The number of phosphoric acid groups is 1. The Bertz CT molecular complexity index is 2060. The summed E-state index contributed by atoms with van der Waals surface area (Å²) in [6.45, 7) is -4.05. The largest absolute Gasteiger partial charge is 0.472 e. The summed E-state index contributed by atoms with van der Waals surface area (Å²) in [7, 11) is -4.94. The van der Waals surface area contributed by atoms with Crippen LogP contribution in [0.4, 0.5) is 5.82 Å². The Morgan fingerprint density at radius 3 is 2.68 bits per heavy atom. The molecular weight excluding hydrogens is 684 g/mol. The molecule has 4 aliphatic rings. The molecule has 0 amide bonds. The van der Waals surface area contributed by atoms with E-state index in [-0.39, 0.29) is 22.8 Å². The SMILES string of the molecule is Cc1nc2c(ncn2[C@@H]2O[C@@H]3COP(O)(=S)O[C@H]4[C@@H](O)[C@H](n5cnc6c(N)ncnc65)[C@H]5CC54COP(=O)(O)O[C@@H]2[C@@H]3CO)c(=O)[nH]1. The fraction of sp³-hybridized carbons (Fsp3) is 0.583.